The summed E-state index contributed by atoms with van der Waals surface area (Å²) in [7, 11) is -3.02. The summed E-state index contributed by atoms with van der Waals surface area (Å²) < 4.78 is 27.4. The fourth-order valence-electron chi connectivity index (χ4n) is 1.33. The zero-order chi connectivity index (χ0) is 14.5. The Morgan fingerprint density at radius 1 is 1.42 bits per heavy atom. The number of anilines is 1. The lowest BCUT2D eigenvalue weighted by Crippen LogP contribution is -2.13. The Kier molecular flexibility index (Phi) is 5.62. The molecule has 1 rings (SSSR count). The van der Waals surface area contributed by atoms with Crippen LogP contribution in [0, 0.1) is 0 Å². The smallest absolute Gasteiger partial charge is 0.338 e. The number of hydrogen-bond acceptors (Lipinski definition) is 5. The first-order chi connectivity index (χ1) is 8.85. The maximum Gasteiger partial charge on any atom is 0.338 e. The molecule has 19 heavy (non-hydrogen) atoms. The van der Waals surface area contributed by atoms with Gasteiger partial charge >= 0.3 is 5.97 Å². The Morgan fingerprint density at radius 3 is 2.68 bits per heavy atom. The van der Waals surface area contributed by atoms with Crippen LogP contribution in [0.25, 0.3) is 0 Å². The average Bonchev–Trinajstić information content (AvgIpc) is 2.37. The fourth-order valence-corrected chi connectivity index (χ4v) is 2.35. The van der Waals surface area contributed by atoms with Crippen molar-refractivity contribution in [1.29, 1.82) is 0 Å². The molecule has 0 saturated carbocycles. The van der Waals surface area contributed by atoms with Gasteiger partial charge in [0.25, 0.3) is 0 Å². The third-order valence-corrected chi connectivity index (χ3v) is 4.63. The average molecular weight is 306 g/mol. The molecule has 1 aromatic carbocycles. The van der Waals surface area contributed by atoms with E-state index in [2.05, 4.69) is 0 Å². The Balaban J connectivity index is 2.46. The summed E-state index contributed by atoms with van der Waals surface area (Å²) in [5, 5.41) is 0.281. The van der Waals surface area contributed by atoms with E-state index in [4.69, 9.17) is 22.1 Å². The van der Waals surface area contributed by atoms with E-state index in [0.29, 0.717) is 5.69 Å². The molecule has 1 aromatic rings. The highest BCUT2D eigenvalue weighted by Crippen LogP contribution is 2.20. The number of sulfone groups is 1. The molecule has 0 heterocycles. The minimum Gasteiger partial charge on any atom is -0.462 e. The molecule has 0 atom stereocenters. The maximum absolute atomic E-state index is 11.6. The summed E-state index contributed by atoms with van der Waals surface area (Å²) in [4.78, 5) is 11.6. The predicted octanol–water partition coefficient (Wildman–Crippen LogP) is 1.90. The number of nitrogen functional groups attached to an aromatic ring is 1. The van der Waals surface area contributed by atoms with E-state index in [1.807, 2.05) is 0 Å². The van der Waals surface area contributed by atoms with E-state index in [1.54, 1.807) is 6.92 Å². The third-order valence-electron chi connectivity index (χ3n) is 2.51. The van der Waals surface area contributed by atoms with E-state index < -0.39 is 15.8 Å². The zero-order valence-corrected chi connectivity index (χ0v) is 12.1. The van der Waals surface area contributed by atoms with Gasteiger partial charge in [-0.1, -0.05) is 18.5 Å². The second-order valence-corrected chi connectivity index (χ2v) is 6.84. The third kappa shape index (κ3) is 5.08. The van der Waals surface area contributed by atoms with Crippen LogP contribution in [0.5, 0.6) is 0 Å². The van der Waals surface area contributed by atoms with E-state index >= 15 is 0 Å². The first kappa shape index (κ1) is 15.8. The van der Waals surface area contributed by atoms with Crippen LogP contribution in [-0.4, -0.2) is 32.5 Å². The Labute approximate surface area is 117 Å². The minimum atomic E-state index is -3.02. The van der Waals surface area contributed by atoms with E-state index in [9.17, 15) is 13.2 Å². The normalized spacial score (nSPS) is 11.3. The van der Waals surface area contributed by atoms with Gasteiger partial charge in [-0.2, -0.15) is 0 Å². The molecule has 0 unspecified atom stereocenters. The molecular formula is C12H16ClNO4S. The fraction of sp³-hybridized carbons (Fsp3) is 0.417. The van der Waals surface area contributed by atoms with Gasteiger partial charge in [0, 0.05) is 5.75 Å². The lowest BCUT2D eigenvalue weighted by molar-refractivity contribution is 0.0505. The molecule has 0 saturated heterocycles. The molecule has 0 aliphatic carbocycles. The van der Waals surface area contributed by atoms with Gasteiger partial charge in [-0.05, 0) is 24.6 Å². The largest absolute Gasteiger partial charge is 0.462 e. The molecule has 0 aliphatic heterocycles. The molecule has 0 radical (unpaired) electrons. The summed E-state index contributed by atoms with van der Waals surface area (Å²) >= 11 is 5.79. The SMILES string of the molecule is CCS(=O)(=O)CCCOC(=O)c1ccc(N)c(Cl)c1. The van der Waals surface area contributed by atoms with Crippen molar-refractivity contribution in [2.75, 3.05) is 23.8 Å². The highest BCUT2D eigenvalue weighted by atomic mass is 35.5. The standard InChI is InChI=1S/C12H16ClNO4S/c1-2-19(16,17)7-3-6-18-12(15)9-4-5-11(14)10(13)8-9/h4-5,8H,2-3,6-7,14H2,1H3. The van der Waals surface area contributed by atoms with Crippen molar-refractivity contribution in [2.45, 2.75) is 13.3 Å². The Bertz CT molecular complexity index is 557. The number of nitrogens with two attached hydrogens (primary N) is 1. The van der Waals surface area contributed by atoms with Gasteiger partial charge in [-0.25, -0.2) is 13.2 Å². The molecular weight excluding hydrogens is 290 g/mol. The Hall–Kier alpha value is -1.27. The molecule has 0 aliphatic rings. The first-order valence-corrected chi connectivity index (χ1v) is 7.98. The van der Waals surface area contributed by atoms with Crippen molar-refractivity contribution in [3.05, 3.63) is 28.8 Å². The van der Waals surface area contributed by atoms with Crippen LogP contribution in [0.2, 0.25) is 5.02 Å². The molecule has 7 heteroatoms. The second kappa shape index (κ2) is 6.77. The highest BCUT2D eigenvalue weighted by Gasteiger charge is 2.11. The van der Waals surface area contributed by atoms with Crippen molar-refractivity contribution in [3.8, 4) is 0 Å². The molecule has 0 fully saturated rings. The summed E-state index contributed by atoms with van der Waals surface area (Å²) in [6.45, 7) is 1.64. The summed E-state index contributed by atoms with van der Waals surface area (Å²) in [5.74, 6) is -0.441. The summed E-state index contributed by atoms with van der Waals surface area (Å²) in [6, 6.07) is 4.44. The molecule has 5 nitrogen and oxygen atoms in total. The maximum atomic E-state index is 11.6. The van der Waals surface area contributed by atoms with E-state index in [0.717, 1.165) is 0 Å². The van der Waals surface area contributed by atoms with Gasteiger partial charge in [-0.15, -0.1) is 0 Å². The van der Waals surface area contributed by atoms with Crippen molar-refractivity contribution in [1.82, 2.24) is 0 Å². The van der Waals surface area contributed by atoms with Crippen LogP contribution in [0.15, 0.2) is 18.2 Å². The van der Waals surface area contributed by atoms with Crippen LogP contribution < -0.4 is 5.73 Å². The van der Waals surface area contributed by atoms with Gasteiger partial charge in [0.1, 0.15) is 9.84 Å². The highest BCUT2D eigenvalue weighted by molar-refractivity contribution is 7.91. The number of benzene rings is 1. The topological polar surface area (TPSA) is 86.5 Å². The predicted molar refractivity (Wildman–Crippen MR) is 75.1 cm³/mol. The van der Waals surface area contributed by atoms with Gasteiger partial charge in [0.2, 0.25) is 0 Å². The molecule has 2 N–H and O–H groups in total. The van der Waals surface area contributed by atoms with Gasteiger partial charge in [0.15, 0.2) is 0 Å². The number of carbonyl (C=O) groups excluding carboxylic acids is 1. The van der Waals surface area contributed by atoms with Crippen LogP contribution in [-0.2, 0) is 14.6 Å². The number of hydrogen-bond donors (Lipinski definition) is 1. The lowest BCUT2D eigenvalue weighted by Gasteiger charge is -2.06. The van der Waals surface area contributed by atoms with Crippen LogP contribution in [0.1, 0.15) is 23.7 Å². The minimum absolute atomic E-state index is 0.0132. The molecule has 0 amide bonds. The van der Waals surface area contributed by atoms with Crippen molar-refractivity contribution in [3.63, 3.8) is 0 Å². The molecule has 0 aromatic heterocycles. The van der Waals surface area contributed by atoms with E-state index in [1.165, 1.54) is 18.2 Å². The monoisotopic (exact) mass is 305 g/mol. The van der Waals surface area contributed by atoms with E-state index in [-0.39, 0.29) is 35.1 Å². The molecule has 106 valence electrons. The summed E-state index contributed by atoms with van der Waals surface area (Å²) in [5.41, 5.74) is 6.19. The van der Waals surface area contributed by atoms with Crippen molar-refractivity contribution < 1.29 is 17.9 Å². The van der Waals surface area contributed by atoms with Crippen LogP contribution in [0.4, 0.5) is 5.69 Å². The quantitative estimate of drug-likeness (QED) is 0.493. The zero-order valence-electron chi connectivity index (χ0n) is 10.6. The van der Waals surface area contributed by atoms with Crippen molar-refractivity contribution in [2.24, 2.45) is 0 Å². The number of ether oxygens (including phenoxy) is 1. The number of halogens is 1. The van der Waals surface area contributed by atoms with Crippen LogP contribution in [0.3, 0.4) is 0 Å². The molecule has 0 spiro atoms. The van der Waals surface area contributed by atoms with Gasteiger partial charge in [-0.3, -0.25) is 0 Å². The number of carbonyl (C=O) groups is 1. The Morgan fingerprint density at radius 2 is 2.11 bits per heavy atom. The molecule has 0 bridgehead atoms. The number of rotatable bonds is 6. The van der Waals surface area contributed by atoms with Gasteiger partial charge < -0.3 is 10.5 Å². The second-order valence-electron chi connectivity index (χ2n) is 3.96. The number of esters is 1. The lowest BCUT2D eigenvalue weighted by atomic mass is 10.2. The summed E-state index contributed by atoms with van der Waals surface area (Å²) in [6.07, 6.45) is 0.282. The van der Waals surface area contributed by atoms with Gasteiger partial charge in [0.05, 0.1) is 28.6 Å². The first-order valence-electron chi connectivity index (χ1n) is 5.78. The van der Waals surface area contributed by atoms with Crippen molar-refractivity contribution >= 4 is 33.1 Å². The van der Waals surface area contributed by atoms with Crippen LogP contribution >= 0.6 is 11.6 Å².